The van der Waals surface area contributed by atoms with Crippen LogP contribution < -0.4 is 0 Å². The van der Waals surface area contributed by atoms with Crippen molar-refractivity contribution in [3.63, 3.8) is 0 Å². The Hall–Kier alpha value is -2.45. The Labute approximate surface area is 184 Å². The molecule has 1 saturated heterocycles. The molecule has 1 amide bonds. The second-order valence-electron chi connectivity index (χ2n) is 6.87. The summed E-state index contributed by atoms with van der Waals surface area (Å²) in [6.45, 7) is -0.426. The van der Waals surface area contributed by atoms with Crippen molar-refractivity contribution in [3.05, 3.63) is 59.7 Å². The number of hydrogen-bond acceptors (Lipinski definition) is 6. The molecule has 0 radical (unpaired) electrons. The topological polar surface area (TPSA) is 104 Å². The molecule has 13 heteroatoms. The van der Waals surface area contributed by atoms with Crippen LogP contribution in [0.2, 0.25) is 0 Å². The van der Waals surface area contributed by atoms with Crippen LogP contribution in [0.15, 0.2) is 52.3 Å². The summed E-state index contributed by atoms with van der Waals surface area (Å²) in [6, 6.07) is 8.14. The van der Waals surface area contributed by atoms with Gasteiger partial charge in [0.05, 0.1) is 12.0 Å². The van der Waals surface area contributed by atoms with Crippen molar-refractivity contribution in [2.45, 2.75) is 9.79 Å². The fraction of sp³-hybridized carbons (Fsp3) is 0.316. The summed E-state index contributed by atoms with van der Waals surface area (Å²) in [6.07, 6.45) is 0. The van der Waals surface area contributed by atoms with Crippen molar-refractivity contribution in [3.8, 4) is 0 Å². The second kappa shape index (κ2) is 9.19. The number of sulfonamides is 2. The summed E-state index contributed by atoms with van der Waals surface area (Å²) in [5.74, 6) is -2.89. The Morgan fingerprint density at radius 2 is 1.53 bits per heavy atom. The minimum absolute atomic E-state index is 0.0386. The van der Waals surface area contributed by atoms with Crippen LogP contribution in [0.4, 0.5) is 8.78 Å². The maximum atomic E-state index is 14.0. The fourth-order valence-electron chi connectivity index (χ4n) is 3.21. The van der Waals surface area contributed by atoms with E-state index in [1.165, 1.54) is 43.3 Å². The number of carbonyl (C=O) groups is 1. The second-order valence-corrected chi connectivity index (χ2v) is 10.7. The molecule has 0 unspecified atom stereocenters. The molecule has 0 aromatic heterocycles. The number of nitrogens with zero attached hydrogens (tertiary/aromatic N) is 3. The van der Waals surface area contributed by atoms with E-state index in [9.17, 15) is 30.4 Å². The normalized spacial score (nSPS) is 15.8. The molecule has 3 rings (SSSR count). The number of benzene rings is 2. The van der Waals surface area contributed by atoms with Crippen molar-refractivity contribution in [1.29, 1.82) is 0 Å². The maximum absolute atomic E-state index is 14.0. The highest BCUT2D eigenvalue weighted by Gasteiger charge is 2.34. The predicted molar refractivity (Wildman–Crippen MR) is 109 cm³/mol. The smallest absolute Gasteiger partial charge is 0.264 e. The molecule has 1 aliphatic heterocycles. The zero-order valence-electron chi connectivity index (χ0n) is 17.2. The molecule has 9 nitrogen and oxygen atoms in total. The average molecular weight is 490 g/mol. The Kier molecular flexibility index (Phi) is 6.95. The highest BCUT2D eigenvalue weighted by Crippen LogP contribution is 2.24. The lowest BCUT2D eigenvalue weighted by Gasteiger charge is -2.34. The van der Waals surface area contributed by atoms with Crippen molar-refractivity contribution in [1.82, 2.24) is 13.7 Å². The lowest BCUT2D eigenvalue weighted by Crippen LogP contribution is -2.50. The number of rotatable bonds is 6. The molecule has 32 heavy (non-hydrogen) atoms. The summed E-state index contributed by atoms with van der Waals surface area (Å²) >= 11 is 0. The Morgan fingerprint density at radius 1 is 0.969 bits per heavy atom. The van der Waals surface area contributed by atoms with Crippen molar-refractivity contribution in [2.75, 3.05) is 40.3 Å². The van der Waals surface area contributed by atoms with Crippen LogP contribution in [-0.4, -0.2) is 76.8 Å². The van der Waals surface area contributed by atoms with Gasteiger partial charge in [0, 0.05) is 38.8 Å². The quantitative estimate of drug-likeness (QED) is 0.567. The van der Waals surface area contributed by atoms with Crippen LogP contribution in [0.3, 0.4) is 0 Å². The van der Waals surface area contributed by atoms with Crippen molar-refractivity contribution >= 4 is 26.0 Å². The molecule has 2 aromatic rings. The third-order valence-electron chi connectivity index (χ3n) is 5.02. The minimum Gasteiger partial charge on any atom is -0.336 e. The van der Waals surface area contributed by atoms with Gasteiger partial charge < -0.3 is 4.90 Å². The maximum Gasteiger partial charge on any atom is 0.264 e. The van der Waals surface area contributed by atoms with Gasteiger partial charge in [-0.1, -0.05) is 16.6 Å². The van der Waals surface area contributed by atoms with E-state index < -0.39 is 42.5 Å². The van der Waals surface area contributed by atoms with Gasteiger partial charge in [-0.15, -0.1) is 0 Å². The average Bonchev–Trinajstić information content (AvgIpc) is 2.77. The van der Waals surface area contributed by atoms with Crippen molar-refractivity contribution in [2.24, 2.45) is 0 Å². The molecular weight excluding hydrogens is 468 g/mol. The van der Waals surface area contributed by atoms with E-state index in [0.717, 1.165) is 22.5 Å². The molecule has 0 aliphatic carbocycles. The number of hydroxylamine groups is 1. The monoisotopic (exact) mass is 489 g/mol. The first kappa shape index (κ1) is 24.2. The molecule has 174 valence electrons. The highest BCUT2D eigenvalue weighted by atomic mass is 32.2. The van der Waals surface area contributed by atoms with Crippen LogP contribution in [0.25, 0.3) is 0 Å². The zero-order valence-corrected chi connectivity index (χ0v) is 18.9. The van der Waals surface area contributed by atoms with Crippen molar-refractivity contribution < 1.29 is 35.2 Å². The van der Waals surface area contributed by atoms with Crippen LogP contribution in [0.5, 0.6) is 0 Å². The number of carbonyl (C=O) groups excluding carboxylic acids is 1. The summed E-state index contributed by atoms with van der Waals surface area (Å²) in [5, 5.41) is 0. The van der Waals surface area contributed by atoms with E-state index in [1.807, 2.05) is 0 Å². The first-order valence-corrected chi connectivity index (χ1v) is 12.2. The Morgan fingerprint density at radius 3 is 2.09 bits per heavy atom. The first-order valence-electron chi connectivity index (χ1n) is 9.36. The molecule has 1 heterocycles. The molecule has 0 bridgehead atoms. The van der Waals surface area contributed by atoms with E-state index in [0.29, 0.717) is 4.47 Å². The standard InChI is InChI=1S/C19H21F2N3O6S2/c1-22(30-2)31(26,27)15-6-3-5-14(13-15)19(25)23-9-11-24(12-10-23)32(28,29)18-16(20)7-4-8-17(18)21/h3-8,13H,9-12H2,1-2H3. The van der Waals surface area contributed by atoms with E-state index in [4.69, 9.17) is 4.84 Å². The van der Waals surface area contributed by atoms with E-state index in [-0.39, 0.29) is 36.6 Å². The van der Waals surface area contributed by atoms with Gasteiger partial charge in [-0.25, -0.2) is 25.6 Å². The highest BCUT2D eigenvalue weighted by molar-refractivity contribution is 7.89. The summed E-state index contributed by atoms with van der Waals surface area (Å²) < 4.78 is 79.7. The zero-order chi connectivity index (χ0) is 23.7. The minimum atomic E-state index is -4.43. The van der Waals surface area contributed by atoms with E-state index in [1.54, 1.807) is 0 Å². The number of halogens is 2. The van der Waals surface area contributed by atoms with E-state index >= 15 is 0 Å². The van der Waals surface area contributed by atoms with Crippen LogP contribution in [0, 0.1) is 11.6 Å². The van der Waals surface area contributed by atoms with Gasteiger partial charge in [0.25, 0.3) is 15.9 Å². The third-order valence-corrected chi connectivity index (χ3v) is 8.64. The van der Waals surface area contributed by atoms with Crippen LogP contribution in [0.1, 0.15) is 10.4 Å². The largest absolute Gasteiger partial charge is 0.336 e. The lowest BCUT2D eigenvalue weighted by molar-refractivity contribution is -0.0258. The van der Waals surface area contributed by atoms with Gasteiger partial charge in [-0.2, -0.15) is 4.31 Å². The van der Waals surface area contributed by atoms with E-state index in [2.05, 4.69) is 0 Å². The first-order chi connectivity index (χ1) is 15.0. The van der Waals surface area contributed by atoms with Gasteiger partial charge >= 0.3 is 0 Å². The lowest BCUT2D eigenvalue weighted by atomic mass is 10.2. The van der Waals surface area contributed by atoms with Gasteiger partial charge in [-0.3, -0.25) is 9.63 Å². The van der Waals surface area contributed by atoms with Crippen LogP contribution >= 0.6 is 0 Å². The molecule has 2 aromatic carbocycles. The molecule has 0 spiro atoms. The van der Waals surface area contributed by atoms with Crippen LogP contribution in [-0.2, 0) is 24.9 Å². The SMILES string of the molecule is CON(C)S(=O)(=O)c1cccc(C(=O)N2CCN(S(=O)(=O)c3c(F)cccc3F)CC2)c1. The molecule has 0 N–H and O–H groups in total. The van der Waals surface area contributed by atoms with Gasteiger partial charge in [0.2, 0.25) is 10.0 Å². The summed E-state index contributed by atoms with van der Waals surface area (Å²) in [5.41, 5.74) is 0.0898. The number of amides is 1. The molecule has 0 atom stereocenters. The summed E-state index contributed by atoms with van der Waals surface area (Å²) in [4.78, 5) is 17.7. The molecule has 1 fully saturated rings. The molecule has 1 aliphatic rings. The summed E-state index contributed by atoms with van der Waals surface area (Å²) in [7, 11) is -5.99. The predicted octanol–water partition coefficient (Wildman–Crippen LogP) is 1.29. The number of piperazine rings is 1. The van der Waals surface area contributed by atoms with Gasteiger partial charge in [0.1, 0.15) is 11.6 Å². The van der Waals surface area contributed by atoms with Gasteiger partial charge in [-0.05, 0) is 30.3 Å². The molecular formula is C19H21F2N3O6S2. The van der Waals surface area contributed by atoms with Gasteiger partial charge in [0.15, 0.2) is 4.90 Å². The number of hydrogen-bond donors (Lipinski definition) is 0. The fourth-order valence-corrected chi connectivity index (χ4v) is 5.76. The Bertz CT molecular complexity index is 1210. The molecule has 0 saturated carbocycles. The Balaban J connectivity index is 1.76. The third kappa shape index (κ3) is 4.52.